The van der Waals surface area contributed by atoms with Crippen LogP contribution in [0.25, 0.3) is 65.3 Å². The standard InChI is InChI=1S/C48H31NO2/c50-47-43-12-6-4-8-34(43)14-16-36-18-20-38(30-45(36)47)32-22-26-41(27-23-32)49(40-10-2-1-3-11-40)42-28-24-33(25-29-42)39-21-19-37-17-15-35-9-5-7-13-44(35)48(51)46(37)31-39/h1-31H. The number of para-hydroxylation sites is 1. The van der Waals surface area contributed by atoms with Crippen molar-refractivity contribution >= 4 is 60.2 Å². The van der Waals surface area contributed by atoms with Gasteiger partial charge in [-0.1, -0.05) is 140 Å². The Morgan fingerprint density at radius 3 is 1.06 bits per heavy atom. The molecule has 0 amide bonds. The molecule has 9 rings (SSSR count). The van der Waals surface area contributed by atoms with Crippen molar-refractivity contribution in [2.75, 3.05) is 4.90 Å². The summed E-state index contributed by atoms with van der Waals surface area (Å²) in [5, 5.41) is 6.61. The summed E-state index contributed by atoms with van der Waals surface area (Å²) in [6.45, 7) is 0. The molecule has 3 nitrogen and oxygen atoms in total. The molecule has 0 aliphatic rings. The van der Waals surface area contributed by atoms with Gasteiger partial charge in [0.1, 0.15) is 0 Å². The smallest absolute Gasteiger partial charge is 0.194 e. The van der Waals surface area contributed by atoms with E-state index in [1.54, 1.807) is 0 Å². The molecule has 0 atom stereocenters. The second-order valence-corrected chi connectivity index (χ2v) is 12.9. The van der Waals surface area contributed by atoms with Gasteiger partial charge in [0.15, 0.2) is 10.9 Å². The Bertz CT molecular complexity index is 2700. The van der Waals surface area contributed by atoms with E-state index in [1.807, 2.05) is 115 Å². The first-order valence-electron chi connectivity index (χ1n) is 17.1. The maximum atomic E-state index is 13.6. The molecular weight excluding hydrogens is 623 g/mol. The third kappa shape index (κ3) is 5.51. The van der Waals surface area contributed by atoms with Crippen LogP contribution in [0.4, 0.5) is 17.1 Å². The molecule has 0 saturated carbocycles. The van der Waals surface area contributed by atoms with Crippen LogP contribution in [0.1, 0.15) is 0 Å². The molecule has 0 spiro atoms. The summed E-state index contributed by atoms with van der Waals surface area (Å²) in [7, 11) is 0. The van der Waals surface area contributed by atoms with Crippen LogP contribution in [0.5, 0.6) is 0 Å². The zero-order chi connectivity index (χ0) is 34.3. The lowest BCUT2D eigenvalue weighted by atomic mass is 10.0. The maximum Gasteiger partial charge on any atom is 0.194 e. The van der Waals surface area contributed by atoms with Gasteiger partial charge in [-0.25, -0.2) is 0 Å². The fourth-order valence-electron chi connectivity index (χ4n) is 7.13. The minimum absolute atomic E-state index is 0.0439. The first kappa shape index (κ1) is 30.2. The van der Waals surface area contributed by atoms with Gasteiger partial charge in [-0.3, -0.25) is 9.59 Å². The van der Waals surface area contributed by atoms with E-state index in [0.29, 0.717) is 10.8 Å². The molecule has 0 aliphatic heterocycles. The van der Waals surface area contributed by atoms with E-state index in [0.717, 1.165) is 71.6 Å². The highest BCUT2D eigenvalue weighted by atomic mass is 16.1. The van der Waals surface area contributed by atoms with Gasteiger partial charge in [0.05, 0.1) is 0 Å². The van der Waals surface area contributed by atoms with Crippen molar-refractivity contribution in [2.24, 2.45) is 0 Å². The molecule has 9 aromatic rings. The van der Waals surface area contributed by atoms with E-state index in [4.69, 9.17) is 0 Å². The topological polar surface area (TPSA) is 37.4 Å². The zero-order valence-electron chi connectivity index (χ0n) is 27.7. The number of rotatable bonds is 5. The minimum Gasteiger partial charge on any atom is -0.311 e. The van der Waals surface area contributed by atoms with Gasteiger partial charge in [0.25, 0.3) is 0 Å². The predicted molar refractivity (Wildman–Crippen MR) is 215 cm³/mol. The third-order valence-corrected chi connectivity index (χ3v) is 9.82. The van der Waals surface area contributed by atoms with Crippen molar-refractivity contribution < 1.29 is 0 Å². The van der Waals surface area contributed by atoms with E-state index in [2.05, 4.69) is 77.7 Å². The molecule has 0 heterocycles. The number of hydrogen-bond acceptors (Lipinski definition) is 3. The molecule has 9 aromatic carbocycles. The number of fused-ring (bicyclic) bond motifs is 4. The van der Waals surface area contributed by atoms with Crippen LogP contribution in [-0.4, -0.2) is 0 Å². The monoisotopic (exact) mass is 653 g/mol. The fraction of sp³-hybridized carbons (Fsp3) is 0. The molecule has 3 heteroatoms. The van der Waals surface area contributed by atoms with Crippen molar-refractivity contribution in [3.63, 3.8) is 0 Å². The first-order chi connectivity index (χ1) is 25.1. The lowest BCUT2D eigenvalue weighted by Crippen LogP contribution is -2.09. The van der Waals surface area contributed by atoms with Crippen LogP contribution >= 0.6 is 0 Å². The number of anilines is 3. The summed E-state index contributed by atoms with van der Waals surface area (Å²) in [6.07, 6.45) is 0. The summed E-state index contributed by atoms with van der Waals surface area (Å²) in [6, 6.07) is 63.2. The van der Waals surface area contributed by atoms with Gasteiger partial charge < -0.3 is 4.90 Å². The molecule has 0 aliphatic carbocycles. The Kier molecular flexibility index (Phi) is 7.44. The zero-order valence-corrected chi connectivity index (χ0v) is 27.7. The molecule has 0 bridgehead atoms. The van der Waals surface area contributed by atoms with Crippen LogP contribution in [0.15, 0.2) is 198 Å². The van der Waals surface area contributed by atoms with E-state index in [-0.39, 0.29) is 10.9 Å². The van der Waals surface area contributed by atoms with E-state index in [9.17, 15) is 9.59 Å². The van der Waals surface area contributed by atoms with Crippen molar-refractivity contribution in [3.8, 4) is 22.3 Å². The van der Waals surface area contributed by atoms with Crippen molar-refractivity contribution in [1.82, 2.24) is 0 Å². The molecule has 0 saturated heterocycles. The molecule has 0 fully saturated rings. The Labute approximate surface area is 294 Å². The Hall–Kier alpha value is -6.84. The van der Waals surface area contributed by atoms with Crippen LogP contribution in [0, 0.1) is 0 Å². The maximum absolute atomic E-state index is 13.6. The van der Waals surface area contributed by atoms with Gasteiger partial charge >= 0.3 is 0 Å². The van der Waals surface area contributed by atoms with E-state index in [1.165, 1.54) is 0 Å². The normalized spacial score (nSPS) is 11.3. The first-order valence-corrected chi connectivity index (χ1v) is 17.1. The lowest BCUT2D eigenvalue weighted by molar-refractivity contribution is 1.28. The average Bonchev–Trinajstić information content (AvgIpc) is 3.43. The van der Waals surface area contributed by atoms with Crippen molar-refractivity contribution in [2.45, 2.75) is 0 Å². The third-order valence-electron chi connectivity index (χ3n) is 9.82. The number of benzene rings is 7. The second-order valence-electron chi connectivity index (χ2n) is 12.9. The van der Waals surface area contributed by atoms with Gasteiger partial charge in [-0.05, 0) is 92.3 Å². The highest BCUT2D eigenvalue weighted by Gasteiger charge is 2.14. The highest BCUT2D eigenvalue weighted by Crippen LogP contribution is 2.37. The summed E-state index contributed by atoms with van der Waals surface area (Å²) < 4.78 is 0. The van der Waals surface area contributed by atoms with Crippen molar-refractivity contribution in [1.29, 1.82) is 0 Å². The van der Waals surface area contributed by atoms with E-state index >= 15 is 0 Å². The van der Waals surface area contributed by atoms with Crippen LogP contribution in [0.2, 0.25) is 0 Å². The van der Waals surface area contributed by atoms with Crippen LogP contribution in [0.3, 0.4) is 0 Å². The molecule has 51 heavy (non-hydrogen) atoms. The lowest BCUT2D eigenvalue weighted by Gasteiger charge is -2.26. The molecule has 0 unspecified atom stereocenters. The summed E-state index contributed by atoms with van der Waals surface area (Å²) >= 11 is 0. The SMILES string of the molecule is O=c1c2ccccc2ccc2ccc(-c3ccc(N(c4ccccc4)c4ccc(-c5ccc6ccc7ccccc7c(=O)c6c5)cc4)cc3)cc12. The fourth-order valence-corrected chi connectivity index (χ4v) is 7.13. The van der Waals surface area contributed by atoms with Gasteiger partial charge in [0, 0.05) is 38.6 Å². The molecule has 240 valence electrons. The summed E-state index contributed by atoms with van der Waals surface area (Å²) in [4.78, 5) is 29.3. The van der Waals surface area contributed by atoms with Gasteiger partial charge in [-0.15, -0.1) is 0 Å². The largest absolute Gasteiger partial charge is 0.311 e. The summed E-state index contributed by atoms with van der Waals surface area (Å²) in [5.41, 5.74) is 7.22. The van der Waals surface area contributed by atoms with Crippen LogP contribution < -0.4 is 15.8 Å². The molecule has 0 aromatic heterocycles. The molecular formula is C48H31NO2. The minimum atomic E-state index is 0.0439. The highest BCUT2D eigenvalue weighted by molar-refractivity contribution is 5.96. The Morgan fingerprint density at radius 2 is 0.608 bits per heavy atom. The molecule has 0 radical (unpaired) electrons. The second kappa shape index (κ2) is 12.6. The van der Waals surface area contributed by atoms with Crippen LogP contribution in [-0.2, 0) is 0 Å². The quantitative estimate of drug-likeness (QED) is 0.185. The molecule has 0 N–H and O–H groups in total. The average molecular weight is 654 g/mol. The Morgan fingerprint density at radius 1 is 0.275 bits per heavy atom. The summed E-state index contributed by atoms with van der Waals surface area (Å²) in [5.74, 6) is 0. The van der Waals surface area contributed by atoms with Gasteiger partial charge in [0.2, 0.25) is 0 Å². The van der Waals surface area contributed by atoms with E-state index < -0.39 is 0 Å². The Balaban J connectivity index is 1.08. The van der Waals surface area contributed by atoms with Crippen molar-refractivity contribution in [3.05, 3.63) is 209 Å². The number of hydrogen-bond donors (Lipinski definition) is 0. The van der Waals surface area contributed by atoms with Gasteiger partial charge in [-0.2, -0.15) is 0 Å². The predicted octanol–water partition coefficient (Wildman–Crippen LogP) is 11.8. The number of nitrogens with zero attached hydrogens (tertiary/aromatic N) is 1.